The van der Waals surface area contributed by atoms with E-state index in [4.69, 9.17) is 28.5 Å². The molecule has 1 aromatic heterocycles. The van der Waals surface area contributed by atoms with E-state index in [9.17, 15) is 4.39 Å². The number of nitrogens with zero attached hydrogens (tertiary/aromatic N) is 2. The molecule has 0 saturated carbocycles. The monoisotopic (exact) mass is 330 g/mol. The Hall–Kier alpha value is -2.15. The van der Waals surface area contributed by atoms with Crippen molar-refractivity contribution in [3.05, 3.63) is 63.5 Å². The molecule has 108 valence electrons. The van der Waals surface area contributed by atoms with E-state index in [2.05, 4.69) is 4.98 Å². The smallest absolute Gasteiger partial charge is 0.142 e. The molecular weight excluding hydrogens is 322 g/mol. The number of benzene rings is 2. The van der Waals surface area contributed by atoms with Gasteiger partial charge in [0.05, 0.1) is 33.4 Å². The highest BCUT2D eigenvalue weighted by atomic mass is 35.5. The zero-order valence-electron chi connectivity index (χ0n) is 11.5. The van der Waals surface area contributed by atoms with Crippen molar-refractivity contribution in [1.82, 2.24) is 4.98 Å². The topological polar surface area (TPSA) is 36.7 Å². The van der Waals surface area contributed by atoms with Gasteiger partial charge in [-0.05, 0) is 30.7 Å². The van der Waals surface area contributed by atoms with E-state index in [-0.39, 0.29) is 0 Å². The Morgan fingerprint density at radius 2 is 1.82 bits per heavy atom. The van der Waals surface area contributed by atoms with Crippen LogP contribution in [-0.2, 0) is 0 Å². The number of halogens is 3. The van der Waals surface area contributed by atoms with Crippen LogP contribution in [0.15, 0.2) is 36.5 Å². The first-order valence-corrected chi connectivity index (χ1v) is 7.21. The van der Waals surface area contributed by atoms with Gasteiger partial charge in [0.25, 0.3) is 0 Å². The number of aryl methyl sites for hydroxylation is 1. The second kappa shape index (κ2) is 5.57. The van der Waals surface area contributed by atoms with Crippen molar-refractivity contribution in [3.63, 3.8) is 0 Å². The first kappa shape index (κ1) is 14.8. The van der Waals surface area contributed by atoms with Crippen LogP contribution in [0.3, 0.4) is 0 Å². The van der Waals surface area contributed by atoms with Gasteiger partial charge >= 0.3 is 0 Å². The van der Waals surface area contributed by atoms with Crippen LogP contribution in [0.5, 0.6) is 0 Å². The van der Waals surface area contributed by atoms with Gasteiger partial charge in [0.1, 0.15) is 5.82 Å². The minimum absolute atomic E-state index is 0.361. The molecule has 0 aliphatic rings. The van der Waals surface area contributed by atoms with Crippen LogP contribution in [0.1, 0.15) is 11.1 Å². The third kappa shape index (κ3) is 2.41. The minimum Gasteiger partial charge on any atom is -0.253 e. The van der Waals surface area contributed by atoms with E-state index in [1.54, 1.807) is 12.1 Å². The first-order valence-electron chi connectivity index (χ1n) is 6.45. The van der Waals surface area contributed by atoms with Gasteiger partial charge < -0.3 is 0 Å². The number of rotatable bonds is 1. The molecule has 0 fully saturated rings. The van der Waals surface area contributed by atoms with Crippen molar-refractivity contribution in [3.8, 4) is 17.2 Å². The van der Waals surface area contributed by atoms with Gasteiger partial charge in [0, 0.05) is 16.5 Å². The van der Waals surface area contributed by atoms with Gasteiger partial charge in [-0.2, -0.15) is 5.26 Å². The third-order valence-electron chi connectivity index (χ3n) is 3.47. The number of fused-ring (bicyclic) bond motifs is 1. The summed E-state index contributed by atoms with van der Waals surface area (Å²) in [5, 5.41) is 10.4. The van der Waals surface area contributed by atoms with E-state index in [0.717, 1.165) is 11.8 Å². The fourth-order valence-electron chi connectivity index (χ4n) is 2.43. The summed E-state index contributed by atoms with van der Waals surface area (Å²) in [6.07, 6.45) is 1.16. The molecule has 0 radical (unpaired) electrons. The predicted molar refractivity (Wildman–Crippen MR) is 86.6 cm³/mol. The quantitative estimate of drug-likeness (QED) is 0.588. The Kier molecular flexibility index (Phi) is 3.74. The summed E-state index contributed by atoms with van der Waals surface area (Å²) in [5.41, 5.74) is 3.21. The van der Waals surface area contributed by atoms with Gasteiger partial charge in [0.15, 0.2) is 0 Å². The highest BCUT2D eigenvalue weighted by molar-refractivity contribution is 6.39. The SMILES string of the molecule is Cc1ccc(-c2c(Cl)cc(C#N)cc2Cl)c2ncc(F)cc12. The van der Waals surface area contributed by atoms with Crippen molar-refractivity contribution >= 4 is 34.1 Å². The molecule has 0 amide bonds. The lowest BCUT2D eigenvalue weighted by atomic mass is 9.98. The van der Waals surface area contributed by atoms with Crippen molar-refractivity contribution in [1.29, 1.82) is 5.26 Å². The fraction of sp³-hybridized carbons (Fsp3) is 0.0588. The molecule has 0 spiro atoms. The summed E-state index contributed by atoms with van der Waals surface area (Å²) in [6, 6.07) is 10.3. The summed E-state index contributed by atoms with van der Waals surface area (Å²) >= 11 is 12.6. The van der Waals surface area contributed by atoms with Crippen molar-refractivity contribution < 1.29 is 4.39 Å². The molecule has 0 unspecified atom stereocenters. The molecule has 2 nitrogen and oxygen atoms in total. The molecule has 2 aromatic carbocycles. The summed E-state index contributed by atoms with van der Waals surface area (Å²) in [6.45, 7) is 1.88. The van der Waals surface area contributed by atoms with Gasteiger partial charge in [-0.3, -0.25) is 4.98 Å². The van der Waals surface area contributed by atoms with E-state index in [1.165, 1.54) is 6.07 Å². The highest BCUT2D eigenvalue weighted by Gasteiger charge is 2.15. The van der Waals surface area contributed by atoms with E-state index in [0.29, 0.717) is 37.6 Å². The number of nitriles is 1. The lowest BCUT2D eigenvalue weighted by Gasteiger charge is -2.12. The van der Waals surface area contributed by atoms with Crippen LogP contribution in [0.25, 0.3) is 22.0 Å². The molecule has 0 saturated heterocycles. The molecule has 5 heteroatoms. The number of pyridine rings is 1. The number of hydrogen-bond donors (Lipinski definition) is 0. The first-order chi connectivity index (χ1) is 10.5. The van der Waals surface area contributed by atoms with Crippen LogP contribution in [-0.4, -0.2) is 4.98 Å². The average molecular weight is 331 g/mol. The van der Waals surface area contributed by atoms with Gasteiger partial charge in [-0.1, -0.05) is 35.3 Å². The minimum atomic E-state index is -0.398. The van der Waals surface area contributed by atoms with Crippen LogP contribution < -0.4 is 0 Å². The van der Waals surface area contributed by atoms with Crippen LogP contribution in [0.4, 0.5) is 4.39 Å². The van der Waals surface area contributed by atoms with Crippen molar-refractivity contribution in [2.24, 2.45) is 0 Å². The summed E-state index contributed by atoms with van der Waals surface area (Å²) in [7, 11) is 0. The molecule has 0 bridgehead atoms. The molecule has 3 aromatic rings. The highest BCUT2D eigenvalue weighted by Crippen LogP contribution is 2.39. The van der Waals surface area contributed by atoms with Crippen LogP contribution >= 0.6 is 23.2 Å². The standard InChI is InChI=1S/C17H9Cl2FN2/c1-9-2-3-12(17-13(9)6-11(20)8-22-17)16-14(18)4-10(7-21)5-15(16)19/h2-6,8H,1H3. The average Bonchev–Trinajstić information content (AvgIpc) is 2.49. The molecule has 0 aliphatic carbocycles. The maximum Gasteiger partial charge on any atom is 0.142 e. The van der Waals surface area contributed by atoms with E-state index in [1.807, 2.05) is 25.1 Å². The Labute approximate surface area is 136 Å². The second-order valence-corrected chi connectivity index (χ2v) is 5.72. The summed E-state index contributed by atoms with van der Waals surface area (Å²) in [4.78, 5) is 4.19. The Balaban J connectivity index is 2.37. The van der Waals surface area contributed by atoms with E-state index < -0.39 is 5.82 Å². The van der Waals surface area contributed by atoms with Gasteiger partial charge in [-0.15, -0.1) is 0 Å². The van der Waals surface area contributed by atoms with Crippen molar-refractivity contribution in [2.75, 3.05) is 0 Å². The number of hydrogen-bond acceptors (Lipinski definition) is 2. The molecule has 1 heterocycles. The maximum atomic E-state index is 13.5. The molecule has 0 N–H and O–H groups in total. The predicted octanol–water partition coefficient (Wildman–Crippen LogP) is 5.53. The third-order valence-corrected chi connectivity index (χ3v) is 4.07. The Morgan fingerprint density at radius 1 is 1.14 bits per heavy atom. The lowest BCUT2D eigenvalue weighted by Crippen LogP contribution is -1.91. The van der Waals surface area contributed by atoms with Crippen LogP contribution in [0.2, 0.25) is 10.0 Å². The molecule has 0 aliphatic heterocycles. The Morgan fingerprint density at radius 3 is 2.45 bits per heavy atom. The second-order valence-electron chi connectivity index (χ2n) is 4.91. The number of aromatic nitrogens is 1. The van der Waals surface area contributed by atoms with Crippen molar-refractivity contribution in [2.45, 2.75) is 6.92 Å². The lowest BCUT2D eigenvalue weighted by molar-refractivity contribution is 0.624. The Bertz CT molecular complexity index is 922. The maximum absolute atomic E-state index is 13.5. The normalized spacial score (nSPS) is 10.7. The molecular formula is C17H9Cl2FN2. The van der Waals surface area contributed by atoms with Crippen LogP contribution in [0, 0.1) is 24.1 Å². The summed E-state index contributed by atoms with van der Waals surface area (Å²) < 4.78 is 13.5. The molecule has 0 atom stereocenters. The molecule has 3 rings (SSSR count). The van der Waals surface area contributed by atoms with Gasteiger partial charge in [0.2, 0.25) is 0 Å². The van der Waals surface area contributed by atoms with E-state index >= 15 is 0 Å². The fourth-order valence-corrected chi connectivity index (χ4v) is 3.12. The zero-order chi connectivity index (χ0) is 15.9. The summed E-state index contributed by atoms with van der Waals surface area (Å²) in [5.74, 6) is -0.398. The molecule has 22 heavy (non-hydrogen) atoms. The van der Waals surface area contributed by atoms with Gasteiger partial charge in [-0.25, -0.2) is 4.39 Å². The zero-order valence-corrected chi connectivity index (χ0v) is 13.0. The largest absolute Gasteiger partial charge is 0.253 e.